The highest BCUT2D eigenvalue weighted by Crippen LogP contribution is 2.33. The maximum Gasteiger partial charge on any atom is 0.247 e. The van der Waals surface area contributed by atoms with E-state index in [1.54, 1.807) is 0 Å². The molecule has 2 amide bonds. The zero-order valence-corrected chi connectivity index (χ0v) is 15.0. The van der Waals surface area contributed by atoms with E-state index < -0.39 is 5.25 Å². The number of aryl methyl sites for hydroxylation is 4. The molecule has 1 aromatic heterocycles. The average Bonchev–Trinajstić information content (AvgIpc) is 2.75. The molecule has 0 N–H and O–H groups in total. The van der Waals surface area contributed by atoms with E-state index in [-0.39, 0.29) is 18.2 Å². The van der Waals surface area contributed by atoms with Crippen molar-refractivity contribution >= 4 is 29.3 Å². The fourth-order valence-corrected chi connectivity index (χ4v) is 3.79. The molecule has 0 spiro atoms. The fourth-order valence-electron chi connectivity index (χ4n) is 2.71. The molecule has 1 atom stereocenters. The van der Waals surface area contributed by atoms with Gasteiger partial charge >= 0.3 is 0 Å². The van der Waals surface area contributed by atoms with E-state index in [0.29, 0.717) is 10.8 Å². The molecule has 2 aromatic rings. The number of imide groups is 1. The number of hydrogen-bond donors (Lipinski definition) is 0. The summed E-state index contributed by atoms with van der Waals surface area (Å²) in [6.45, 7) is 7.76. The van der Waals surface area contributed by atoms with Crippen LogP contribution in [0, 0.1) is 27.7 Å². The summed E-state index contributed by atoms with van der Waals surface area (Å²) in [6, 6.07) is 7.51. The number of rotatable bonds is 3. The number of anilines is 1. The first-order chi connectivity index (χ1) is 11.3. The molecule has 24 heavy (non-hydrogen) atoms. The Hall–Kier alpha value is -2.21. The lowest BCUT2D eigenvalue weighted by atomic mass is 10.1. The van der Waals surface area contributed by atoms with Gasteiger partial charge < -0.3 is 0 Å². The van der Waals surface area contributed by atoms with Gasteiger partial charge in [0, 0.05) is 17.8 Å². The highest BCUT2D eigenvalue weighted by Gasteiger charge is 2.40. The molecule has 0 aliphatic carbocycles. The van der Waals surface area contributed by atoms with Crippen molar-refractivity contribution < 1.29 is 9.59 Å². The van der Waals surface area contributed by atoms with Crippen LogP contribution in [0.25, 0.3) is 0 Å². The van der Waals surface area contributed by atoms with E-state index in [9.17, 15) is 9.59 Å². The normalized spacial score (nSPS) is 17.7. The van der Waals surface area contributed by atoms with Crippen LogP contribution in [0.3, 0.4) is 0 Å². The summed E-state index contributed by atoms with van der Waals surface area (Å²) in [5.41, 5.74) is 4.53. The molecule has 3 rings (SSSR count). The first-order valence-electron chi connectivity index (χ1n) is 7.78. The van der Waals surface area contributed by atoms with Gasteiger partial charge in [-0.05, 0) is 57.0 Å². The Morgan fingerprint density at radius 1 is 1.00 bits per heavy atom. The van der Waals surface area contributed by atoms with E-state index >= 15 is 0 Å². The zero-order chi connectivity index (χ0) is 17.4. The molecular formula is C18H19N3O2S. The van der Waals surface area contributed by atoms with E-state index in [1.165, 1.54) is 16.7 Å². The molecule has 0 bridgehead atoms. The predicted octanol–water partition coefficient (Wildman–Crippen LogP) is 3.13. The van der Waals surface area contributed by atoms with Crippen molar-refractivity contribution in [2.24, 2.45) is 0 Å². The Morgan fingerprint density at radius 3 is 2.29 bits per heavy atom. The van der Waals surface area contributed by atoms with E-state index in [4.69, 9.17) is 0 Å². The van der Waals surface area contributed by atoms with Crippen molar-refractivity contribution in [1.82, 2.24) is 9.97 Å². The van der Waals surface area contributed by atoms with Gasteiger partial charge in [0.05, 0.1) is 5.69 Å². The summed E-state index contributed by atoms with van der Waals surface area (Å²) in [4.78, 5) is 35.1. The van der Waals surface area contributed by atoms with Crippen LogP contribution >= 0.6 is 11.8 Å². The highest BCUT2D eigenvalue weighted by atomic mass is 32.2. The van der Waals surface area contributed by atoms with Crippen molar-refractivity contribution in [2.45, 2.75) is 44.5 Å². The number of aromatic nitrogens is 2. The third-order valence-electron chi connectivity index (χ3n) is 4.06. The number of carbonyl (C=O) groups is 2. The molecule has 0 radical (unpaired) electrons. The van der Waals surface area contributed by atoms with E-state index in [1.807, 2.05) is 52.0 Å². The molecular weight excluding hydrogens is 322 g/mol. The summed E-state index contributed by atoms with van der Waals surface area (Å²) in [5.74, 6) is -0.374. The summed E-state index contributed by atoms with van der Waals surface area (Å²) >= 11 is 1.26. The smallest absolute Gasteiger partial charge is 0.247 e. The first-order valence-corrected chi connectivity index (χ1v) is 8.66. The van der Waals surface area contributed by atoms with Crippen LogP contribution in [0.1, 0.15) is 28.9 Å². The number of hydrogen-bond acceptors (Lipinski definition) is 5. The molecule has 1 saturated heterocycles. The van der Waals surface area contributed by atoms with Crippen LogP contribution in [0.4, 0.5) is 5.69 Å². The second-order valence-corrected chi connectivity index (χ2v) is 7.25. The highest BCUT2D eigenvalue weighted by molar-refractivity contribution is 8.00. The Bertz CT molecular complexity index is 815. The first kappa shape index (κ1) is 16.6. The minimum absolute atomic E-state index is 0.173. The van der Waals surface area contributed by atoms with Crippen molar-refractivity contribution in [3.05, 3.63) is 46.8 Å². The van der Waals surface area contributed by atoms with Crippen LogP contribution in [0.2, 0.25) is 0 Å². The average molecular weight is 341 g/mol. The standard InChI is InChI=1S/C18H19N3O2S/c1-10-5-6-14(7-11(10)2)21-16(22)9-15(17(21)23)24-18-19-12(3)8-13(4)20-18/h5-8,15H,9H2,1-4H3/t15-/m0/s1. The molecule has 1 aliphatic rings. The summed E-state index contributed by atoms with van der Waals surface area (Å²) in [6.07, 6.45) is 0.173. The number of benzene rings is 1. The third-order valence-corrected chi connectivity index (χ3v) is 5.11. The topological polar surface area (TPSA) is 63.2 Å². The van der Waals surface area contributed by atoms with Gasteiger partial charge in [-0.15, -0.1) is 0 Å². The molecule has 0 unspecified atom stereocenters. The molecule has 0 saturated carbocycles. The lowest BCUT2D eigenvalue weighted by molar-refractivity contribution is -0.121. The number of nitrogens with zero attached hydrogens (tertiary/aromatic N) is 3. The molecule has 1 aliphatic heterocycles. The summed E-state index contributed by atoms with van der Waals surface area (Å²) in [7, 11) is 0. The molecule has 124 valence electrons. The fraction of sp³-hybridized carbons (Fsp3) is 0.333. The quantitative estimate of drug-likeness (QED) is 0.634. The Kier molecular flexibility index (Phi) is 4.41. The molecule has 2 heterocycles. The van der Waals surface area contributed by atoms with Crippen LogP contribution in [-0.2, 0) is 9.59 Å². The van der Waals surface area contributed by atoms with Crippen molar-refractivity contribution in [2.75, 3.05) is 4.90 Å². The number of amides is 2. The number of thioether (sulfide) groups is 1. The summed E-state index contributed by atoms with van der Waals surface area (Å²) in [5, 5.41) is 0.0703. The van der Waals surface area contributed by atoms with Crippen molar-refractivity contribution in [1.29, 1.82) is 0 Å². The van der Waals surface area contributed by atoms with Crippen molar-refractivity contribution in [3.63, 3.8) is 0 Å². The monoisotopic (exact) mass is 341 g/mol. The molecule has 1 fully saturated rings. The van der Waals surface area contributed by atoms with Gasteiger partial charge in [0.15, 0.2) is 5.16 Å². The Morgan fingerprint density at radius 2 is 1.67 bits per heavy atom. The summed E-state index contributed by atoms with van der Waals surface area (Å²) < 4.78 is 0. The van der Waals surface area contributed by atoms with E-state index in [0.717, 1.165) is 22.5 Å². The SMILES string of the molecule is Cc1cc(C)nc(S[C@H]2CC(=O)N(c3ccc(C)c(C)c3)C2=O)n1. The lowest BCUT2D eigenvalue weighted by Crippen LogP contribution is -2.31. The third kappa shape index (κ3) is 3.19. The predicted molar refractivity (Wildman–Crippen MR) is 94.2 cm³/mol. The van der Waals surface area contributed by atoms with Gasteiger partial charge in [-0.2, -0.15) is 0 Å². The van der Waals surface area contributed by atoms with Crippen molar-refractivity contribution in [3.8, 4) is 0 Å². The van der Waals surface area contributed by atoms with Gasteiger partial charge in [-0.25, -0.2) is 14.9 Å². The van der Waals surface area contributed by atoms with Crippen LogP contribution in [0.5, 0.6) is 0 Å². The Labute approximate surface area is 145 Å². The van der Waals surface area contributed by atoms with Gasteiger partial charge in [-0.3, -0.25) is 9.59 Å². The minimum Gasteiger partial charge on any atom is -0.274 e. The molecule has 1 aromatic carbocycles. The molecule has 6 heteroatoms. The largest absolute Gasteiger partial charge is 0.274 e. The molecule has 5 nitrogen and oxygen atoms in total. The van der Waals surface area contributed by atoms with E-state index in [2.05, 4.69) is 9.97 Å². The van der Waals surface area contributed by atoms with Crippen LogP contribution in [-0.4, -0.2) is 27.0 Å². The van der Waals surface area contributed by atoms with Gasteiger partial charge in [-0.1, -0.05) is 17.8 Å². The second kappa shape index (κ2) is 6.36. The van der Waals surface area contributed by atoms with Gasteiger partial charge in [0.1, 0.15) is 5.25 Å². The second-order valence-electron chi connectivity index (χ2n) is 6.08. The van der Waals surface area contributed by atoms with Crippen LogP contribution < -0.4 is 4.90 Å². The lowest BCUT2D eigenvalue weighted by Gasteiger charge is -2.16. The van der Waals surface area contributed by atoms with Crippen LogP contribution in [0.15, 0.2) is 29.4 Å². The Balaban J connectivity index is 1.84. The maximum atomic E-state index is 12.7. The zero-order valence-electron chi connectivity index (χ0n) is 14.2. The van der Waals surface area contributed by atoms with Gasteiger partial charge in [0.25, 0.3) is 0 Å². The minimum atomic E-state index is -0.472. The number of carbonyl (C=O) groups excluding carboxylic acids is 2. The van der Waals surface area contributed by atoms with Gasteiger partial charge in [0.2, 0.25) is 11.8 Å². The maximum absolute atomic E-state index is 12.7.